The summed E-state index contributed by atoms with van der Waals surface area (Å²) in [4.78, 5) is 0. The van der Waals surface area contributed by atoms with E-state index in [4.69, 9.17) is 5.73 Å². The summed E-state index contributed by atoms with van der Waals surface area (Å²) in [6, 6.07) is 11.0. The zero-order valence-corrected chi connectivity index (χ0v) is 10.3. The molecule has 96 valence electrons. The number of phenols is 1. The number of nitrogens with two attached hydrogens (primary N) is 1. The quantitative estimate of drug-likeness (QED) is 0.742. The molecule has 19 heavy (non-hydrogen) atoms. The molecule has 0 saturated carbocycles. The predicted octanol–water partition coefficient (Wildman–Crippen LogP) is 1.48. The maximum atomic E-state index is 9.48. The van der Waals surface area contributed by atoms with Crippen LogP contribution in [-0.4, -0.2) is 19.7 Å². The highest BCUT2D eigenvalue weighted by molar-refractivity contribution is 5.40. The Morgan fingerprint density at radius 3 is 2.79 bits per heavy atom. The minimum absolute atomic E-state index is 0.258. The van der Waals surface area contributed by atoms with Crippen molar-refractivity contribution in [3.63, 3.8) is 0 Å². The summed E-state index contributed by atoms with van der Waals surface area (Å²) >= 11 is 0. The number of nitrogens with zero attached hydrogens (tertiary/aromatic N) is 3. The number of pyridine rings is 1. The van der Waals surface area contributed by atoms with Crippen LogP contribution in [-0.2, 0) is 13.0 Å². The lowest BCUT2D eigenvalue weighted by Gasteiger charge is -2.03. The Labute approximate surface area is 110 Å². The van der Waals surface area contributed by atoms with Gasteiger partial charge >= 0.3 is 0 Å². The fourth-order valence-electron chi connectivity index (χ4n) is 2.07. The first-order valence-corrected chi connectivity index (χ1v) is 6.07. The van der Waals surface area contributed by atoms with Crippen LogP contribution in [0.15, 0.2) is 42.6 Å². The minimum atomic E-state index is 0.258. The van der Waals surface area contributed by atoms with E-state index in [0.29, 0.717) is 13.0 Å². The van der Waals surface area contributed by atoms with Crippen LogP contribution in [0.1, 0.15) is 17.0 Å². The molecule has 5 heteroatoms. The van der Waals surface area contributed by atoms with Gasteiger partial charge in [-0.3, -0.25) is 4.40 Å². The summed E-state index contributed by atoms with van der Waals surface area (Å²) in [5, 5.41) is 17.8. The van der Waals surface area contributed by atoms with Gasteiger partial charge in [-0.05, 0) is 29.3 Å². The predicted molar refractivity (Wildman–Crippen MR) is 71.8 cm³/mol. The molecule has 3 rings (SSSR count). The average molecular weight is 254 g/mol. The normalized spacial score (nSPS) is 11.0. The second-order valence-corrected chi connectivity index (χ2v) is 4.43. The lowest BCUT2D eigenvalue weighted by molar-refractivity contribution is 0.474. The van der Waals surface area contributed by atoms with E-state index in [-0.39, 0.29) is 5.75 Å². The third-order valence-corrected chi connectivity index (χ3v) is 3.04. The van der Waals surface area contributed by atoms with Crippen LogP contribution in [0.4, 0.5) is 0 Å². The number of hydrogen-bond acceptors (Lipinski definition) is 4. The number of aromatic nitrogens is 3. The van der Waals surface area contributed by atoms with Gasteiger partial charge in [0.1, 0.15) is 11.6 Å². The van der Waals surface area contributed by atoms with Crippen LogP contribution in [0.3, 0.4) is 0 Å². The van der Waals surface area contributed by atoms with Gasteiger partial charge in [-0.25, -0.2) is 0 Å². The maximum Gasteiger partial charge on any atom is 0.160 e. The number of aromatic hydroxyl groups is 1. The molecule has 0 aliphatic carbocycles. The molecule has 0 bridgehead atoms. The first-order valence-electron chi connectivity index (χ1n) is 6.07. The first kappa shape index (κ1) is 11.7. The second-order valence-electron chi connectivity index (χ2n) is 4.43. The molecule has 0 aliphatic heterocycles. The van der Waals surface area contributed by atoms with Crippen LogP contribution in [0.25, 0.3) is 5.65 Å². The summed E-state index contributed by atoms with van der Waals surface area (Å²) in [5.74, 6) is 1.09. The van der Waals surface area contributed by atoms with Crippen molar-refractivity contribution in [2.75, 3.05) is 0 Å². The van der Waals surface area contributed by atoms with Gasteiger partial charge in [0.15, 0.2) is 5.65 Å². The van der Waals surface area contributed by atoms with Gasteiger partial charge in [0.2, 0.25) is 0 Å². The SMILES string of the molecule is NCc1ccc2nnc(Cc3cccc(O)c3)n2c1. The first-order chi connectivity index (χ1) is 9.26. The lowest BCUT2D eigenvalue weighted by atomic mass is 10.1. The number of benzene rings is 1. The van der Waals surface area contributed by atoms with Gasteiger partial charge in [0.25, 0.3) is 0 Å². The van der Waals surface area contributed by atoms with Crippen LogP contribution in [0.2, 0.25) is 0 Å². The molecular weight excluding hydrogens is 240 g/mol. The van der Waals surface area contributed by atoms with E-state index in [1.54, 1.807) is 12.1 Å². The zero-order chi connectivity index (χ0) is 13.2. The molecule has 0 radical (unpaired) electrons. The molecule has 2 aromatic heterocycles. The van der Waals surface area contributed by atoms with Crippen molar-refractivity contribution >= 4 is 5.65 Å². The van der Waals surface area contributed by atoms with E-state index in [0.717, 1.165) is 22.6 Å². The minimum Gasteiger partial charge on any atom is -0.508 e. The van der Waals surface area contributed by atoms with Gasteiger partial charge < -0.3 is 10.8 Å². The van der Waals surface area contributed by atoms with Crippen molar-refractivity contribution in [2.45, 2.75) is 13.0 Å². The Hall–Kier alpha value is -2.40. The smallest absolute Gasteiger partial charge is 0.160 e. The van der Waals surface area contributed by atoms with Gasteiger partial charge in [0, 0.05) is 19.2 Å². The summed E-state index contributed by atoms with van der Waals surface area (Å²) in [6.45, 7) is 0.486. The summed E-state index contributed by atoms with van der Waals surface area (Å²) in [5.41, 5.74) is 8.47. The van der Waals surface area contributed by atoms with Crippen LogP contribution >= 0.6 is 0 Å². The molecule has 0 spiro atoms. The molecule has 3 N–H and O–H groups in total. The molecule has 5 nitrogen and oxygen atoms in total. The van der Waals surface area contributed by atoms with Gasteiger partial charge in [0.05, 0.1) is 0 Å². The molecule has 0 unspecified atom stereocenters. The highest BCUT2D eigenvalue weighted by atomic mass is 16.3. The van der Waals surface area contributed by atoms with E-state index in [2.05, 4.69) is 10.2 Å². The zero-order valence-electron chi connectivity index (χ0n) is 10.3. The van der Waals surface area contributed by atoms with Crippen molar-refractivity contribution in [3.05, 3.63) is 59.5 Å². The monoisotopic (exact) mass is 254 g/mol. The van der Waals surface area contributed by atoms with Gasteiger partial charge in [-0.2, -0.15) is 0 Å². The Kier molecular flexibility index (Phi) is 2.89. The highest BCUT2D eigenvalue weighted by Crippen LogP contribution is 2.15. The second kappa shape index (κ2) is 4.70. The molecular formula is C14H14N4O. The van der Waals surface area contributed by atoms with Crippen LogP contribution in [0.5, 0.6) is 5.75 Å². The van der Waals surface area contributed by atoms with E-state index >= 15 is 0 Å². The Morgan fingerprint density at radius 1 is 1.11 bits per heavy atom. The van der Waals surface area contributed by atoms with Crippen molar-refractivity contribution in [1.82, 2.24) is 14.6 Å². The molecule has 0 fully saturated rings. The van der Waals surface area contributed by atoms with Crippen LogP contribution in [0, 0.1) is 0 Å². The third-order valence-electron chi connectivity index (χ3n) is 3.04. The van der Waals surface area contributed by atoms with Crippen LogP contribution < -0.4 is 5.73 Å². The molecule has 3 aromatic rings. The standard InChI is InChI=1S/C14H14N4O/c15-8-11-4-5-13-16-17-14(18(13)9-11)7-10-2-1-3-12(19)6-10/h1-6,9,19H,7-8,15H2. The Bertz CT molecular complexity index is 720. The summed E-state index contributed by atoms with van der Waals surface area (Å²) in [6.07, 6.45) is 2.57. The summed E-state index contributed by atoms with van der Waals surface area (Å²) < 4.78 is 1.94. The van der Waals surface area contributed by atoms with Crippen molar-refractivity contribution in [3.8, 4) is 5.75 Å². The molecule has 1 aromatic carbocycles. The van der Waals surface area contributed by atoms with Crippen molar-refractivity contribution in [1.29, 1.82) is 0 Å². The summed E-state index contributed by atoms with van der Waals surface area (Å²) in [7, 11) is 0. The van der Waals surface area contributed by atoms with E-state index in [1.807, 2.05) is 34.9 Å². The molecule has 0 aliphatic rings. The van der Waals surface area contributed by atoms with Gasteiger partial charge in [-0.1, -0.05) is 18.2 Å². The molecule has 0 amide bonds. The fraction of sp³-hybridized carbons (Fsp3) is 0.143. The number of phenolic OH excluding ortho intramolecular Hbond substituents is 1. The van der Waals surface area contributed by atoms with Gasteiger partial charge in [-0.15, -0.1) is 10.2 Å². The third kappa shape index (κ3) is 2.28. The Balaban J connectivity index is 2.00. The number of hydrogen-bond donors (Lipinski definition) is 2. The number of fused-ring (bicyclic) bond motifs is 1. The van der Waals surface area contributed by atoms with E-state index in [9.17, 15) is 5.11 Å². The number of rotatable bonds is 3. The van der Waals surface area contributed by atoms with E-state index < -0.39 is 0 Å². The molecule has 2 heterocycles. The Morgan fingerprint density at radius 2 is 2.00 bits per heavy atom. The average Bonchev–Trinajstić information content (AvgIpc) is 2.81. The topological polar surface area (TPSA) is 76.4 Å². The maximum absolute atomic E-state index is 9.48. The molecule has 0 saturated heterocycles. The fourth-order valence-corrected chi connectivity index (χ4v) is 2.07. The van der Waals surface area contributed by atoms with E-state index in [1.165, 1.54) is 0 Å². The lowest BCUT2D eigenvalue weighted by Crippen LogP contribution is -2.01. The highest BCUT2D eigenvalue weighted by Gasteiger charge is 2.07. The van der Waals surface area contributed by atoms with Crippen molar-refractivity contribution in [2.24, 2.45) is 5.73 Å². The van der Waals surface area contributed by atoms with Crippen molar-refractivity contribution < 1.29 is 5.11 Å². The molecule has 0 atom stereocenters. The largest absolute Gasteiger partial charge is 0.508 e.